The summed E-state index contributed by atoms with van der Waals surface area (Å²) in [7, 11) is 0. The van der Waals surface area contributed by atoms with E-state index in [0.29, 0.717) is 17.5 Å². The van der Waals surface area contributed by atoms with Crippen molar-refractivity contribution < 1.29 is 0 Å². The van der Waals surface area contributed by atoms with Crippen LogP contribution in [0.5, 0.6) is 0 Å². The van der Waals surface area contributed by atoms with Gasteiger partial charge in [0.15, 0.2) is 17.5 Å². The molecule has 49 heavy (non-hydrogen) atoms. The van der Waals surface area contributed by atoms with Crippen LogP contribution in [0.3, 0.4) is 0 Å². The topological polar surface area (TPSA) is 43.6 Å². The molecule has 0 saturated heterocycles. The molecule has 0 N–H and O–H groups in total. The Labute approximate surface area is 282 Å². The molecule has 2 aromatic heterocycles. The Bertz CT molecular complexity index is 2820. The van der Waals surface area contributed by atoms with Crippen LogP contribution in [0.4, 0.5) is 0 Å². The first-order valence-electron chi connectivity index (χ1n) is 16.5. The van der Waals surface area contributed by atoms with Crippen molar-refractivity contribution in [1.82, 2.24) is 19.5 Å². The number of nitrogens with zero attached hydrogens (tertiary/aromatic N) is 4. The molecule has 0 radical (unpaired) electrons. The first-order chi connectivity index (χ1) is 24.3. The highest BCUT2D eigenvalue weighted by Crippen LogP contribution is 2.43. The average Bonchev–Trinajstić information content (AvgIpc) is 3.50. The van der Waals surface area contributed by atoms with E-state index in [0.717, 1.165) is 44.2 Å². The summed E-state index contributed by atoms with van der Waals surface area (Å²) in [5.41, 5.74) is 6.16. The molecule has 10 rings (SSSR count). The van der Waals surface area contributed by atoms with E-state index in [2.05, 4.69) is 138 Å². The standard InChI is InChI=1S/C45H28N4/c1-3-15-31(16-4-1)43-46-44(32-17-5-2-6-18-32)48-45(47-43)37-25-23-30-14-10-12-22-36(30)42(37)49-39-26-24-29-13-9-11-21-35(29)41(39)38-27-33-19-7-8-20-34(33)28-40(38)49/h1-28H. The quantitative estimate of drug-likeness (QED) is 0.196. The molecule has 4 heteroatoms. The molecule has 10 aromatic rings. The van der Waals surface area contributed by atoms with Gasteiger partial charge in [-0.2, -0.15) is 0 Å². The molecule has 0 aliphatic carbocycles. The second-order valence-electron chi connectivity index (χ2n) is 12.5. The van der Waals surface area contributed by atoms with Gasteiger partial charge in [-0.15, -0.1) is 0 Å². The lowest BCUT2D eigenvalue weighted by molar-refractivity contribution is 1.07. The van der Waals surface area contributed by atoms with Crippen molar-refractivity contribution in [3.05, 3.63) is 170 Å². The summed E-state index contributed by atoms with van der Waals surface area (Å²) in [5, 5.41) is 9.61. The maximum atomic E-state index is 5.20. The fourth-order valence-electron chi connectivity index (χ4n) is 7.32. The van der Waals surface area contributed by atoms with Crippen molar-refractivity contribution in [2.45, 2.75) is 0 Å². The minimum absolute atomic E-state index is 0.630. The van der Waals surface area contributed by atoms with Crippen LogP contribution in [0.15, 0.2) is 170 Å². The van der Waals surface area contributed by atoms with E-state index in [4.69, 9.17) is 15.0 Å². The summed E-state index contributed by atoms with van der Waals surface area (Å²) in [6.45, 7) is 0. The Balaban J connectivity index is 1.37. The first-order valence-corrected chi connectivity index (χ1v) is 16.5. The molecular formula is C45H28N4. The van der Waals surface area contributed by atoms with Gasteiger partial charge in [0.25, 0.3) is 0 Å². The Morgan fingerprint density at radius 2 is 0.857 bits per heavy atom. The lowest BCUT2D eigenvalue weighted by Gasteiger charge is -2.17. The molecular weight excluding hydrogens is 597 g/mol. The summed E-state index contributed by atoms with van der Waals surface area (Å²) in [4.78, 5) is 15.4. The van der Waals surface area contributed by atoms with Crippen molar-refractivity contribution in [2.75, 3.05) is 0 Å². The molecule has 0 atom stereocenters. The molecule has 0 amide bonds. The SMILES string of the molecule is c1ccc(-c2nc(-c3ccccc3)nc(-c3ccc4ccccc4c3-n3c4cc5ccccc5cc4c4c5ccccc5ccc43)n2)cc1. The Hall–Kier alpha value is -6.65. The van der Waals surface area contributed by atoms with Gasteiger partial charge < -0.3 is 4.57 Å². The molecule has 8 aromatic carbocycles. The monoisotopic (exact) mass is 624 g/mol. The lowest BCUT2D eigenvalue weighted by atomic mass is 10.0. The van der Waals surface area contributed by atoms with Crippen LogP contribution in [0.1, 0.15) is 0 Å². The molecule has 4 nitrogen and oxygen atoms in total. The molecule has 0 unspecified atom stereocenters. The average molecular weight is 625 g/mol. The molecule has 228 valence electrons. The highest BCUT2D eigenvalue weighted by molar-refractivity contribution is 6.24. The third-order valence-corrected chi connectivity index (χ3v) is 9.59. The Morgan fingerprint density at radius 3 is 1.53 bits per heavy atom. The maximum absolute atomic E-state index is 5.20. The second-order valence-corrected chi connectivity index (χ2v) is 12.5. The van der Waals surface area contributed by atoms with Gasteiger partial charge in [-0.3, -0.25) is 0 Å². The van der Waals surface area contributed by atoms with E-state index in [9.17, 15) is 0 Å². The third-order valence-electron chi connectivity index (χ3n) is 9.59. The molecule has 0 aliphatic rings. The Morgan fingerprint density at radius 1 is 0.347 bits per heavy atom. The lowest BCUT2D eigenvalue weighted by Crippen LogP contribution is -2.04. The van der Waals surface area contributed by atoms with Crippen molar-refractivity contribution in [2.24, 2.45) is 0 Å². The summed E-state index contributed by atoms with van der Waals surface area (Å²) < 4.78 is 2.44. The van der Waals surface area contributed by atoms with E-state index < -0.39 is 0 Å². The zero-order valence-electron chi connectivity index (χ0n) is 26.5. The zero-order valence-corrected chi connectivity index (χ0v) is 26.5. The molecule has 0 fully saturated rings. The number of rotatable bonds is 4. The van der Waals surface area contributed by atoms with E-state index >= 15 is 0 Å². The van der Waals surface area contributed by atoms with Crippen molar-refractivity contribution >= 4 is 54.1 Å². The van der Waals surface area contributed by atoms with Crippen molar-refractivity contribution in [1.29, 1.82) is 0 Å². The van der Waals surface area contributed by atoms with Crippen LogP contribution >= 0.6 is 0 Å². The van der Waals surface area contributed by atoms with E-state index in [1.54, 1.807) is 0 Å². The summed E-state index contributed by atoms with van der Waals surface area (Å²) in [5.74, 6) is 1.91. The van der Waals surface area contributed by atoms with Gasteiger partial charge >= 0.3 is 0 Å². The smallest absolute Gasteiger partial charge is 0.166 e. The van der Waals surface area contributed by atoms with Crippen molar-refractivity contribution in [3.8, 4) is 39.9 Å². The van der Waals surface area contributed by atoms with E-state index in [-0.39, 0.29) is 0 Å². The van der Waals surface area contributed by atoms with Gasteiger partial charge in [-0.1, -0.05) is 146 Å². The predicted molar refractivity (Wildman–Crippen MR) is 203 cm³/mol. The van der Waals surface area contributed by atoms with Crippen LogP contribution in [-0.4, -0.2) is 19.5 Å². The largest absolute Gasteiger partial charge is 0.308 e. The number of fused-ring (bicyclic) bond motifs is 7. The van der Waals surface area contributed by atoms with Gasteiger partial charge in [-0.25, -0.2) is 15.0 Å². The molecule has 2 heterocycles. The van der Waals surface area contributed by atoms with Crippen LogP contribution in [-0.2, 0) is 0 Å². The normalized spacial score (nSPS) is 11.7. The molecule has 0 bridgehead atoms. The van der Waals surface area contributed by atoms with Gasteiger partial charge in [0, 0.05) is 32.8 Å². The van der Waals surface area contributed by atoms with Crippen molar-refractivity contribution in [3.63, 3.8) is 0 Å². The minimum atomic E-state index is 0.630. The number of aromatic nitrogens is 4. The molecule has 0 spiro atoms. The Kier molecular flexibility index (Phi) is 6.15. The summed E-state index contributed by atoms with van der Waals surface area (Å²) in [6, 6.07) is 59.8. The zero-order chi connectivity index (χ0) is 32.3. The maximum Gasteiger partial charge on any atom is 0.166 e. The highest BCUT2D eigenvalue weighted by atomic mass is 15.1. The second kappa shape index (κ2) is 11.0. The number of hydrogen-bond donors (Lipinski definition) is 0. The van der Waals surface area contributed by atoms with E-state index in [1.807, 2.05) is 36.4 Å². The molecule has 0 saturated carbocycles. The van der Waals surface area contributed by atoms with Gasteiger partial charge in [0.1, 0.15) is 0 Å². The highest BCUT2D eigenvalue weighted by Gasteiger charge is 2.22. The minimum Gasteiger partial charge on any atom is -0.308 e. The number of hydrogen-bond acceptors (Lipinski definition) is 3. The summed E-state index contributed by atoms with van der Waals surface area (Å²) in [6.07, 6.45) is 0. The first kappa shape index (κ1) is 27.5. The number of benzene rings is 8. The van der Waals surface area contributed by atoms with Crippen LogP contribution in [0, 0.1) is 0 Å². The van der Waals surface area contributed by atoms with Gasteiger partial charge in [0.05, 0.1) is 16.7 Å². The molecule has 0 aliphatic heterocycles. The van der Waals surface area contributed by atoms with Crippen LogP contribution < -0.4 is 0 Å². The van der Waals surface area contributed by atoms with Gasteiger partial charge in [-0.05, 0) is 51.2 Å². The fourth-order valence-corrected chi connectivity index (χ4v) is 7.32. The van der Waals surface area contributed by atoms with Gasteiger partial charge in [0.2, 0.25) is 0 Å². The third kappa shape index (κ3) is 4.42. The predicted octanol–water partition coefficient (Wildman–Crippen LogP) is 11.4. The fraction of sp³-hybridized carbons (Fsp3) is 0. The van der Waals surface area contributed by atoms with E-state index in [1.165, 1.54) is 32.3 Å². The van der Waals surface area contributed by atoms with Crippen LogP contribution in [0.2, 0.25) is 0 Å². The summed E-state index contributed by atoms with van der Waals surface area (Å²) >= 11 is 0. The van der Waals surface area contributed by atoms with Crippen LogP contribution in [0.25, 0.3) is 94.0 Å².